The molecule has 5 nitrogen and oxygen atoms in total. The van der Waals surface area contributed by atoms with E-state index in [9.17, 15) is 14.0 Å². The van der Waals surface area contributed by atoms with E-state index < -0.39 is 0 Å². The van der Waals surface area contributed by atoms with Crippen LogP contribution in [0.25, 0.3) is 10.2 Å². The Hall–Kier alpha value is -3.32. The molecule has 29 heavy (non-hydrogen) atoms. The Morgan fingerprint density at radius 3 is 2.62 bits per heavy atom. The van der Waals surface area contributed by atoms with Crippen molar-refractivity contribution in [2.24, 2.45) is 0 Å². The van der Waals surface area contributed by atoms with Crippen LogP contribution >= 0.6 is 11.3 Å². The molecule has 1 amide bonds. The zero-order valence-corrected chi connectivity index (χ0v) is 16.5. The second-order valence-electron chi connectivity index (χ2n) is 6.67. The predicted molar refractivity (Wildman–Crippen MR) is 112 cm³/mol. The molecule has 2 heterocycles. The summed E-state index contributed by atoms with van der Waals surface area (Å²) >= 11 is 1.19. The van der Waals surface area contributed by atoms with Gasteiger partial charge in [0.2, 0.25) is 0 Å². The second kappa shape index (κ2) is 7.97. The van der Waals surface area contributed by atoms with Gasteiger partial charge >= 0.3 is 0 Å². The number of carbonyl (C=O) groups is 1. The first-order chi connectivity index (χ1) is 14.0. The van der Waals surface area contributed by atoms with Crippen LogP contribution in [0, 0.1) is 12.7 Å². The molecule has 0 unspecified atom stereocenters. The van der Waals surface area contributed by atoms with E-state index >= 15 is 0 Å². The van der Waals surface area contributed by atoms with Crippen molar-refractivity contribution in [2.45, 2.75) is 20.0 Å². The zero-order chi connectivity index (χ0) is 20.4. The van der Waals surface area contributed by atoms with Gasteiger partial charge in [0.15, 0.2) is 0 Å². The highest BCUT2D eigenvalue weighted by molar-refractivity contribution is 7.20. The number of fused-ring (bicyclic) bond motifs is 1. The minimum Gasteiger partial charge on any atom is -0.347 e. The molecular formula is C22H18FN3O2S. The van der Waals surface area contributed by atoms with E-state index in [2.05, 4.69) is 10.3 Å². The van der Waals surface area contributed by atoms with E-state index in [-0.39, 0.29) is 23.8 Å². The highest BCUT2D eigenvalue weighted by atomic mass is 32.1. The summed E-state index contributed by atoms with van der Waals surface area (Å²) in [6, 6.07) is 15.9. The van der Waals surface area contributed by atoms with Crippen LogP contribution in [-0.4, -0.2) is 15.5 Å². The molecular weight excluding hydrogens is 389 g/mol. The topological polar surface area (TPSA) is 64.0 Å². The lowest BCUT2D eigenvalue weighted by Gasteiger charge is -2.06. The Kier molecular flexibility index (Phi) is 5.22. The third kappa shape index (κ3) is 3.82. The fraction of sp³-hybridized carbons (Fsp3) is 0.136. The van der Waals surface area contributed by atoms with E-state index in [0.717, 1.165) is 5.56 Å². The van der Waals surface area contributed by atoms with Crippen LogP contribution in [0.15, 0.2) is 65.7 Å². The number of hydrogen-bond donors (Lipinski definition) is 1. The molecule has 2 aromatic carbocycles. The van der Waals surface area contributed by atoms with Crippen molar-refractivity contribution in [3.8, 4) is 0 Å². The zero-order valence-electron chi connectivity index (χ0n) is 15.7. The molecule has 0 aliphatic heterocycles. The molecule has 0 spiro atoms. The van der Waals surface area contributed by atoms with Gasteiger partial charge in [-0.1, -0.05) is 48.5 Å². The lowest BCUT2D eigenvalue weighted by molar-refractivity contribution is 0.0954. The van der Waals surface area contributed by atoms with Crippen LogP contribution in [0.5, 0.6) is 0 Å². The number of hydrogen-bond acceptors (Lipinski definition) is 4. The number of aryl methyl sites for hydroxylation is 1. The Bertz CT molecular complexity index is 1250. The molecule has 1 N–H and O–H groups in total. The van der Waals surface area contributed by atoms with Crippen LogP contribution in [-0.2, 0) is 13.1 Å². The molecule has 0 saturated carbocycles. The number of aromatic nitrogens is 2. The summed E-state index contributed by atoms with van der Waals surface area (Å²) in [6.45, 7) is 2.23. The van der Waals surface area contributed by atoms with Gasteiger partial charge in [-0.05, 0) is 24.1 Å². The fourth-order valence-electron chi connectivity index (χ4n) is 3.16. The minimum absolute atomic E-state index is 0.0826. The average molecular weight is 407 g/mol. The molecule has 7 heteroatoms. The number of nitrogens with one attached hydrogen (secondary N) is 1. The van der Waals surface area contributed by atoms with Gasteiger partial charge in [-0.25, -0.2) is 9.37 Å². The largest absolute Gasteiger partial charge is 0.347 e. The van der Waals surface area contributed by atoms with E-state index in [4.69, 9.17) is 0 Å². The first-order valence-corrected chi connectivity index (χ1v) is 9.90. The van der Waals surface area contributed by atoms with Gasteiger partial charge in [-0.2, -0.15) is 0 Å². The van der Waals surface area contributed by atoms with Crippen molar-refractivity contribution in [1.82, 2.24) is 14.9 Å². The summed E-state index contributed by atoms with van der Waals surface area (Å²) in [5.41, 5.74) is 1.71. The minimum atomic E-state index is -0.373. The summed E-state index contributed by atoms with van der Waals surface area (Å²) in [5.74, 6) is -0.614. The Morgan fingerprint density at radius 1 is 1.14 bits per heavy atom. The molecule has 0 aliphatic rings. The first-order valence-electron chi connectivity index (χ1n) is 9.08. The number of carbonyl (C=O) groups excluding carboxylic acids is 1. The second-order valence-corrected chi connectivity index (χ2v) is 7.67. The predicted octanol–water partition coefficient (Wildman–Crippen LogP) is 3.88. The standard InChI is InChI=1S/C22H18FN3O2S/c1-14-18-21(29-19(14)20(27)24-11-15-7-3-2-4-8-15)25-13-26(22(18)28)12-16-9-5-6-10-17(16)23/h2-10,13H,11-12H2,1H3,(H,24,27). The lowest BCUT2D eigenvalue weighted by Crippen LogP contribution is -2.23. The van der Waals surface area contributed by atoms with E-state index in [0.29, 0.717) is 32.8 Å². The number of nitrogens with zero attached hydrogens (tertiary/aromatic N) is 2. The molecule has 0 radical (unpaired) electrons. The smallest absolute Gasteiger partial charge is 0.262 e. The molecule has 146 valence electrons. The molecule has 0 bridgehead atoms. The van der Waals surface area contributed by atoms with Crippen LogP contribution in [0.1, 0.15) is 26.4 Å². The summed E-state index contributed by atoms with van der Waals surface area (Å²) in [5, 5.41) is 3.29. The third-order valence-electron chi connectivity index (χ3n) is 4.72. The lowest BCUT2D eigenvalue weighted by atomic mass is 10.2. The SMILES string of the molecule is Cc1c(C(=O)NCc2ccccc2)sc2ncn(Cc3ccccc3F)c(=O)c12. The number of benzene rings is 2. The Morgan fingerprint density at radius 2 is 1.86 bits per heavy atom. The average Bonchev–Trinajstić information content (AvgIpc) is 3.08. The van der Waals surface area contributed by atoms with Crippen LogP contribution < -0.4 is 10.9 Å². The van der Waals surface area contributed by atoms with Gasteiger partial charge < -0.3 is 5.32 Å². The van der Waals surface area contributed by atoms with Gasteiger partial charge in [0, 0.05) is 12.1 Å². The number of amides is 1. The quantitative estimate of drug-likeness (QED) is 0.546. The summed E-state index contributed by atoms with van der Waals surface area (Å²) < 4.78 is 15.3. The number of thiophene rings is 1. The summed E-state index contributed by atoms with van der Waals surface area (Å²) in [4.78, 5) is 30.9. The Balaban J connectivity index is 1.63. The van der Waals surface area contributed by atoms with Gasteiger partial charge in [0.05, 0.1) is 23.1 Å². The van der Waals surface area contributed by atoms with E-state index in [1.54, 1.807) is 25.1 Å². The fourth-order valence-corrected chi connectivity index (χ4v) is 4.21. The van der Waals surface area contributed by atoms with Crippen molar-refractivity contribution in [3.63, 3.8) is 0 Å². The molecule has 0 atom stereocenters. The Labute approximate surface area is 170 Å². The van der Waals surface area contributed by atoms with Gasteiger partial charge in [0.1, 0.15) is 10.6 Å². The van der Waals surface area contributed by atoms with E-state index in [1.165, 1.54) is 28.3 Å². The maximum atomic E-state index is 13.9. The molecule has 4 rings (SSSR count). The third-order valence-corrected chi connectivity index (χ3v) is 5.92. The number of halogens is 1. The maximum absolute atomic E-state index is 13.9. The summed E-state index contributed by atoms with van der Waals surface area (Å²) in [6.07, 6.45) is 1.40. The van der Waals surface area contributed by atoms with Crippen molar-refractivity contribution in [2.75, 3.05) is 0 Å². The summed E-state index contributed by atoms with van der Waals surface area (Å²) in [7, 11) is 0. The van der Waals surface area contributed by atoms with Crippen LogP contribution in [0.4, 0.5) is 4.39 Å². The highest BCUT2D eigenvalue weighted by Gasteiger charge is 2.19. The van der Waals surface area contributed by atoms with Gasteiger partial charge in [-0.3, -0.25) is 14.2 Å². The maximum Gasteiger partial charge on any atom is 0.262 e. The van der Waals surface area contributed by atoms with Crippen molar-refractivity contribution < 1.29 is 9.18 Å². The molecule has 0 aliphatic carbocycles. The van der Waals surface area contributed by atoms with Crippen molar-refractivity contribution in [3.05, 3.63) is 98.7 Å². The molecule has 0 fully saturated rings. The normalized spacial score (nSPS) is 11.0. The van der Waals surface area contributed by atoms with Gasteiger partial charge in [-0.15, -0.1) is 11.3 Å². The molecule has 4 aromatic rings. The molecule has 2 aromatic heterocycles. The molecule has 0 saturated heterocycles. The van der Waals surface area contributed by atoms with Gasteiger partial charge in [0.25, 0.3) is 11.5 Å². The van der Waals surface area contributed by atoms with Crippen molar-refractivity contribution in [1.29, 1.82) is 0 Å². The number of rotatable bonds is 5. The van der Waals surface area contributed by atoms with Crippen LogP contribution in [0.3, 0.4) is 0 Å². The van der Waals surface area contributed by atoms with Crippen molar-refractivity contribution >= 4 is 27.5 Å². The van der Waals surface area contributed by atoms with Crippen LogP contribution in [0.2, 0.25) is 0 Å². The van der Waals surface area contributed by atoms with E-state index in [1.807, 2.05) is 30.3 Å². The monoisotopic (exact) mass is 407 g/mol. The highest BCUT2D eigenvalue weighted by Crippen LogP contribution is 2.27. The first kappa shape index (κ1) is 19.0.